The highest BCUT2D eigenvalue weighted by molar-refractivity contribution is 5.54. The maximum atomic E-state index is 12.9. The van der Waals surface area contributed by atoms with Crippen LogP contribution in [0.2, 0.25) is 0 Å². The summed E-state index contributed by atoms with van der Waals surface area (Å²) in [6.07, 6.45) is 0.345. The molecule has 30 heavy (non-hydrogen) atoms. The summed E-state index contributed by atoms with van der Waals surface area (Å²) in [4.78, 5) is 33.4. The van der Waals surface area contributed by atoms with Crippen molar-refractivity contribution >= 4 is 0 Å². The smallest absolute Gasteiger partial charge is 0.328 e. The first kappa shape index (κ1) is 19.6. The Bertz CT molecular complexity index is 1260. The number of rotatable bonds is 4. The van der Waals surface area contributed by atoms with E-state index < -0.39 is 23.0 Å². The topological polar surface area (TPSA) is 69.8 Å². The molecule has 0 spiro atoms. The van der Waals surface area contributed by atoms with E-state index in [-0.39, 0.29) is 24.5 Å². The Hall–Kier alpha value is -3.75. The van der Waals surface area contributed by atoms with Gasteiger partial charge < -0.3 is 4.57 Å². The number of fused-ring (bicyclic) bond motifs is 1. The fraction of sp³-hybridized carbons (Fsp3) is 0.143. The Morgan fingerprint density at radius 2 is 1.53 bits per heavy atom. The molecule has 3 heterocycles. The van der Waals surface area contributed by atoms with Crippen molar-refractivity contribution in [3.63, 3.8) is 0 Å². The van der Waals surface area contributed by atoms with Crippen LogP contribution in [-0.4, -0.2) is 19.1 Å². The minimum absolute atomic E-state index is 0.0664. The number of alkyl halides is 3. The van der Waals surface area contributed by atoms with Crippen molar-refractivity contribution in [2.75, 3.05) is 0 Å². The van der Waals surface area contributed by atoms with E-state index in [2.05, 4.69) is 9.97 Å². The summed E-state index contributed by atoms with van der Waals surface area (Å²) < 4.78 is 40.9. The predicted molar refractivity (Wildman–Crippen MR) is 103 cm³/mol. The third-order valence-electron chi connectivity index (χ3n) is 4.67. The van der Waals surface area contributed by atoms with Crippen molar-refractivity contribution in [2.45, 2.75) is 19.3 Å². The number of benzene rings is 1. The number of hydrogen-bond acceptors (Lipinski definition) is 4. The van der Waals surface area contributed by atoms with Crippen molar-refractivity contribution in [1.82, 2.24) is 19.1 Å². The van der Waals surface area contributed by atoms with Crippen LogP contribution < -0.4 is 11.2 Å². The van der Waals surface area contributed by atoms with Crippen molar-refractivity contribution in [1.29, 1.82) is 0 Å². The Morgan fingerprint density at radius 3 is 2.20 bits per heavy atom. The first-order chi connectivity index (χ1) is 14.3. The molecule has 2 aromatic rings. The third kappa shape index (κ3) is 3.86. The fourth-order valence-electron chi connectivity index (χ4n) is 3.15. The number of pyridine rings is 2. The molecule has 6 nitrogen and oxygen atoms in total. The van der Waals surface area contributed by atoms with Crippen molar-refractivity contribution in [2.24, 2.45) is 0 Å². The largest absolute Gasteiger partial charge is 0.416 e. The molecule has 4 rings (SSSR count). The number of halogens is 3. The minimum Gasteiger partial charge on any atom is -0.328 e. The minimum atomic E-state index is -4.41. The first-order valence-corrected chi connectivity index (χ1v) is 8.98. The van der Waals surface area contributed by atoms with E-state index in [9.17, 15) is 22.8 Å². The van der Waals surface area contributed by atoms with Gasteiger partial charge in [0.2, 0.25) is 0 Å². The second-order valence-electron chi connectivity index (χ2n) is 6.71. The van der Waals surface area contributed by atoms with Crippen molar-refractivity contribution < 1.29 is 13.2 Å². The van der Waals surface area contributed by atoms with Crippen LogP contribution in [0.3, 0.4) is 0 Å². The lowest BCUT2D eigenvalue weighted by atomic mass is 10.1. The average molecular weight is 412 g/mol. The molecule has 2 aliphatic rings. The van der Waals surface area contributed by atoms with Gasteiger partial charge in [-0.2, -0.15) is 18.2 Å². The van der Waals surface area contributed by atoms with Gasteiger partial charge in [0.1, 0.15) is 0 Å². The van der Waals surface area contributed by atoms with E-state index in [1.54, 1.807) is 47.4 Å². The lowest BCUT2D eigenvalue weighted by molar-refractivity contribution is -0.137. The molecule has 0 radical (unpaired) electrons. The molecule has 0 atom stereocenters. The SMILES string of the molecule is O=c1nc2n(Cc3ccc(C(F)(F)F)cc3)cccc-2c(=O)n1Cc1ccncc1. The maximum Gasteiger partial charge on any atom is 0.416 e. The van der Waals surface area contributed by atoms with Crippen LogP contribution in [0.5, 0.6) is 0 Å². The molecule has 9 heteroatoms. The summed E-state index contributed by atoms with van der Waals surface area (Å²) in [7, 11) is 0. The number of nitrogens with zero attached hydrogens (tertiary/aromatic N) is 4. The van der Waals surface area contributed by atoms with Crippen LogP contribution in [0.15, 0.2) is 76.7 Å². The molecule has 152 valence electrons. The Balaban J connectivity index is 1.71. The molecule has 1 aromatic carbocycles. The van der Waals surface area contributed by atoms with E-state index in [0.29, 0.717) is 5.56 Å². The molecule has 0 saturated heterocycles. The summed E-state index contributed by atoms with van der Waals surface area (Å²) in [5.74, 6) is 0.179. The highest BCUT2D eigenvalue weighted by Gasteiger charge is 2.30. The van der Waals surface area contributed by atoms with Gasteiger partial charge in [0.25, 0.3) is 5.56 Å². The zero-order valence-electron chi connectivity index (χ0n) is 15.5. The van der Waals surface area contributed by atoms with Gasteiger partial charge in [-0.05, 0) is 47.5 Å². The highest BCUT2D eigenvalue weighted by Crippen LogP contribution is 2.29. The number of aromatic nitrogens is 4. The van der Waals surface area contributed by atoms with Gasteiger partial charge in [-0.15, -0.1) is 0 Å². The van der Waals surface area contributed by atoms with Gasteiger partial charge in [0.15, 0.2) is 5.82 Å². The predicted octanol–water partition coefficient (Wildman–Crippen LogP) is 3.02. The maximum absolute atomic E-state index is 12.9. The monoisotopic (exact) mass is 412 g/mol. The van der Waals surface area contributed by atoms with Crippen LogP contribution >= 0.6 is 0 Å². The summed E-state index contributed by atoms with van der Waals surface area (Å²) >= 11 is 0. The van der Waals surface area contributed by atoms with E-state index in [4.69, 9.17) is 0 Å². The van der Waals surface area contributed by atoms with Crippen LogP contribution in [0, 0.1) is 0 Å². The van der Waals surface area contributed by atoms with E-state index in [0.717, 1.165) is 22.3 Å². The molecule has 0 fully saturated rings. The van der Waals surface area contributed by atoms with Gasteiger partial charge >= 0.3 is 11.9 Å². The zero-order chi connectivity index (χ0) is 21.3. The number of hydrogen-bond donors (Lipinski definition) is 0. The average Bonchev–Trinajstić information content (AvgIpc) is 2.72. The van der Waals surface area contributed by atoms with Crippen LogP contribution in [0.4, 0.5) is 13.2 Å². The Morgan fingerprint density at radius 1 is 0.867 bits per heavy atom. The molecule has 0 amide bonds. The summed E-state index contributed by atoms with van der Waals surface area (Å²) in [5.41, 5.74) is -0.360. The molecule has 0 saturated carbocycles. The molecule has 1 aromatic heterocycles. The molecule has 0 aliphatic carbocycles. The lowest BCUT2D eigenvalue weighted by Gasteiger charge is -2.15. The molecular weight excluding hydrogens is 397 g/mol. The van der Waals surface area contributed by atoms with Crippen molar-refractivity contribution in [3.8, 4) is 11.4 Å². The van der Waals surface area contributed by atoms with Crippen molar-refractivity contribution in [3.05, 3.63) is 105 Å². The van der Waals surface area contributed by atoms with Gasteiger partial charge in [-0.25, -0.2) is 4.79 Å². The van der Waals surface area contributed by atoms with Gasteiger partial charge in [0.05, 0.1) is 17.7 Å². The lowest BCUT2D eigenvalue weighted by Crippen LogP contribution is -2.38. The van der Waals surface area contributed by atoms with Gasteiger partial charge in [-0.3, -0.25) is 14.3 Å². The Kier molecular flexibility index (Phi) is 4.94. The van der Waals surface area contributed by atoms with Crippen LogP contribution in [0.25, 0.3) is 11.4 Å². The second kappa shape index (κ2) is 7.58. The highest BCUT2D eigenvalue weighted by atomic mass is 19.4. The van der Waals surface area contributed by atoms with E-state index >= 15 is 0 Å². The molecule has 0 unspecified atom stereocenters. The van der Waals surface area contributed by atoms with Gasteiger partial charge in [0, 0.05) is 25.1 Å². The van der Waals surface area contributed by atoms with Crippen LogP contribution in [-0.2, 0) is 19.3 Å². The van der Waals surface area contributed by atoms with Gasteiger partial charge in [-0.1, -0.05) is 12.1 Å². The summed E-state index contributed by atoms with van der Waals surface area (Å²) in [6, 6.07) is 11.3. The second-order valence-corrected chi connectivity index (χ2v) is 6.71. The molecule has 2 aliphatic heterocycles. The third-order valence-corrected chi connectivity index (χ3v) is 4.67. The molecular formula is C21H15F3N4O2. The summed E-state index contributed by atoms with van der Waals surface area (Å²) in [5, 5.41) is 0. The summed E-state index contributed by atoms with van der Waals surface area (Å²) in [6.45, 7) is 0.229. The molecule has 0 N–H and O–H groups in total. The fourth-order valence-corrected chi connectivity index (χ4v) is 3.15. The Labute approximate surface area is 168 Å². The first-order valence-electron chi connectivity index (χ1n) is 8.98. The normalized spacial score (nSPS) is 11.7. The van der Waals surface area contributed by atoms with Crippen LogP contribution in [0.1, 0.15) is 16.7 Å². The zero-order valence-corrected chi connectivity index (χ0v) is 15.5. The van der Waals surface area contributed by atoms with E-state index in [1.165, 1.54) is 12.1 Å². The quantitative estimate of drug-likeness (QED) is 0.517. The molecule has 0 bridgehead atoms. The standard InChI is InChI=1S/C21H15F3N4O2/c22-21(23,24)16-5-3-14(4-6-16)12-27-11-1-2-17-18(27)26-20(30)28(19(17)29)13-15-7-9-25-10-8-15/h1-11H,12-13H2. The van der Waals surface area contributed by atoms with E-state index in [1.807, 2.05) is 0 Å².